The van der Waals surface area contributed by atoms with Crippen molar-refractivity contribution in [3.05, 3.63) is 39.8 Å². The molecule has 5 heteroatoms. The second-order valence-electron chi connectivity index (χ2n) is 2.63. The predicted molar refractivity (Wildman–Crippen MR) is 61.4 cm³/mol. The fraction of sp³-hybridized carbons (Fsp3) is 0.100. The minimum Gasteiger partial charge on any atom is -0.488 e. The van der Waals surface area contributed by atoms with Gasteiger partial charge < -0.3 is 9.84 Å². The number of carboxylic acids is 1. The van der Waals surface area contributed by atoms with E-state index in [1.807, 2.05) is 0 Å². The van der Waals surface area contributed by atoms with Gasteiger partial charge in [0, 0.05) is 10.5 Å². The van der Waals surface area contributed by atoms with E-state index >= 15 is 0 Å². The zero-order chi connectivity index (χ0) is 11.3. The van der Waals surface area contributed by atoms with Gasteiger partial charge in [-0.1, -0.05) is 27.5 Å². The van der Waals surface area contributed by atoms with Crippen molar-refractivity contribution < 1.29 is 14.6 Å². The predicted octanol–water partition coefficient (Wildman–Crippen LogP) is 3.12. The van der Waals surface area contributed by atoms with E-state index in [9.17, 15) is 4.79 Å². The molecule has 0 bridgehead atoms. The highest BCUT2D eigenvalue weighted by molar-refractivity contribution is 9.10. The van der Waals surface area contributed by atoms with Crippen LogP contribution >= 0.6 is 27.5 Å². The van der Waals surface area contributed by atoms with Gasteiger partial charge in [-0.25, -0.2) is 4.79 Å². The first-order chi connectivity index (χ1) is 7.09. The molecule has 0 aliphatic heterocycles. The van der Waals surface area contributed by atoms with Crippen LogP contribution in [0.25, 0.3) is 0 Å². The van der Waals surface area contributed by atoms with Gasteiger partial charge in [-0.2, -0.15) is 0 Å². The SMILES string of the molecule is O=C(O)C=CCOc1ccc(Br)cc1Cl. The van der Waals surface area contributed by atoms with E-state index in [-0.39, 0.29) is 6.61 Å². The maximum Gasteiger partial charge on any atom is 0.328 e. The van der Waals surface area contributed by atoms with Gasteiger partial charge in [-0.3, -0.25) is 0 Å². The molecule has 0 radical (unpaired) electrons. The lowest BCUT2D eigenvalue weighted by atomic mass is 10.3. The van der Waals surface area contributed by atoms with Gasteiger partial charge in [0.15, 0.2) is 0 Å². The molecule has 0 atom stereocenters. The minimum atomic E-state index is -1.000. The van der Waals surface area contributed by atoms with Gasteiger partial charge in [-0.15, -0.1) is 0 Å². The van der Waals surface area contributed by atoms with Crippen LogP contribution in [0.2, 0.25) is 5.02 Å². The maximum atomic E-state index is 10.1. The van der Waals surface area contributed by atoms with Crippen LogP contribution in [0.4, 0.5) is 0 Å². The molecule has 0 unspecified atom stereocenters. The van der Waals surface area contributed by atoms with Crippen molar-refractivity contribution in [1.29, 1.82) is 0 Å². The highest BCUT2D eigenvalue weighted by Gasteiger charge is 2.00. The quantitative estimate of drug-likeness (QED) is 0.867. The Kier molecular flexibility index (Phi) is 4.65. The summed E-state index contributed by atoms with van der Waals surface area (Å²) >= 11 is 9.14. The van der Waals surface area contributed by atoms with Crippen molar-refractivity contribution in [2.24, 2.45) is 0 Å². The van der Waals surface area contributed by atoms with Crippen molar-refractivity contribution in [1.82, 2.24) is 0 Å². The highest BCUT2D eigenvalue weighted by atomic mass is 79.9. The second-order valence-corrected chi connectivity index (χ2v) is 3.95. The van der Waals surface area contributed by atoms with Crippen LogP contribution in [0.1, 0.15) is 0 Å². The van der Waals surface area contributed by atoms with Gasteiger partial charge in [0.1, 0.15) is 12.4 Å². The fourth-order valence-electron chi connectivity index (χ4n) is 0.879. The number of carbonyl (C=O) groups is 1. The van der Waals surface area contributed by atoms with Crippen molar-refractivity contribution in [3.8, 4) is 5.75 Å². The van der Waals surface area contributed by atoms with E-state index in [1.54, 1.807) is 18.2 Å². The Morgan fingerprint density at radius 3 is 2.93 bits per heavy atom. The largest absolute Gasteiger partial charge is 0.488 e. The highest BCUT2D eigenvalue weighted by Crippen LogP contribution is 2.27. The van der Waals surface area contributed by atoms with E-state index in [2.05, 4.69) is 15.9 Å². The topological polar surface area (TPSA) is 46.5 Å². The summed E-state index contributed by atoms with van der Waals surface area (Å²) in [6.07, 6.45) is 2.42. The third-order valence-corrected chi connectivity index (χ3v) is 2.28. The van der Waals surface area contributed by atoms with E-state index in [0.29, 0.717) is 10.8 Å². The molecule has 0 saturated carbocycles. The van der Waals surface area contributed by atoms with Crippen molar-refractivity contribution in [2.75, 3.05) is 6.61 Å². The second kappa shape index (κ2) is 5.78. The van der Waals surface area contributed by atoms with Crippen LogP contribution in [0, 0.1) is 0 Å². The molecule has 80 valence electrons. The molecule has 0 aliphatic carbocycles. The smallest absolute Gasteiger partial charge is 0.328 e. The summed E-state index contributed by atoms with van der Waals surface area (Å²) in [7, 11) is 0. The number of halogens is 2. The zero-order valence-corrected chi connectivity index (χ0v) is 9.96. The minimum absolute atomic E-state index is 0.174. The van der Waals surface area contributed by atoms with Crippen LogP contribution in [0.3, 0.4) is 0 Å². The number of hydrogen-bond donors (Lipinski definition) is 1. The van der Waals surface area contributed by atoms with Gasteiger partial charge in [0.05, 0.1) is 5.02 Å². The molecule has 1 rings (SSSR count). The molecule has 0 spiro atoms. The summed E-state index contributed by atoms with van der Waals surface area (Å²) < 4.78 is 6.10. The van der Waals surface area contributed by atoms with E-state index in [0.717, 1.165) is 10.5 Å². The zero-order valence-electron chi connectivity index (χ0n) is 7.61. The third-order valence-electron chi connectivity index (χ3n) is 1.49. The van der Waals surface area contributed by atoms with E-state index in [1.165, 1.54) is 6.08 Å². The van der Waals surface area contributed by atoms with Crippen LogP contribution in [0.5, 0.6) is 5.75 Å². The first kappa shape index (κ1) is 12.1. The number of benzene rings is 1. The lowest BCUT2D eigenvalue weighted by Gasteiger charge is -2.05. The van der Waals surface area contributed by atoms with E-state index in [4.69, 9.17) is 21.4 Å². The molecule has 0 aliphatic rings. The fourth-order valence-corrected chi connectivity index (χ4v) is 1.61. The summed E-state index contributed by atoms with van der Waals surface area (Å²) in [6.45, 7) is 0.174. The Morgan fingerprint density at radius 2 is 2.33 bits per heavy atom. The summed E-state index contributed by atoms with van der Waals surface area (Å²) in [6, 6.07) is 5.21. The van der Waals surface area contributed by atoms with Crippen molar-refractivity contribution in [2.45, 2.75) is 0 Å². The molecule has 0 fully saturated rings. The maximum absolute atomic E-state index is 10.1. The Bertz CT molecular complexity index is 390. The average Bonchev–Trinajstić information content (AvgIpc) is 2.14. The van der Waals surface area contributed by atoms with Gasteiger partial charge in [-0.05, 0) is 24.3 Å². The number of hydrogen-bond acceptors (Lipinski definition) is 2. The van der Waals surface area contributed by atoms with Gasteiger partial charge in [0.2, 0.25) is 0 Å². The van der Waals surface area contributed by atoms with Crippen LogP contribution in [-0.4, -0.2) is 17.7 Å². The summed E-state index contributed by atoms with van der Waals surface area (Å²) in [5.74, 6) is -0.476. The summed E-state index contributed by atoms with van der Waals surface area (Å²) in [5, 5.41) is 8.81. The number of rotatable bonds is 4. The molecular formula is C10H8BrClO3. The third kappa shape index (κ3) is 4.36. The molecule has 0 amide bonds. The van der Waals surface area contributed by atoms with E-state index < -0.39 is 5.97 Å². The molecule has 3 nitrogen and oxygen atoms in total. The molecule has 15 heavy (non-hydrogen) atoms. The Morgan fingerprint density at radius 1 is 1.60 bits per heavy atom. The summed E-state index contributed by atoms with van der Waals surface area (Å²) in [5.41, 5.74) is 0. The lowest BCUT2D eigenvalue weighted by molar-refractivity contribution is -0.131. The van der Waals surface area contributed by atoms with Crippen LogP contribution in [-0.2, 0) is 4.79 Å². The first-order valence-corrected chi connectivity index (χ1v) is 5.24. The number of aliphatic carboxylic acids is 1. The summed E-state index contributed by atoms with van der Waals surface area (Å²) in [4.78, 5) is 10.1. The van der Waals surface area contributed by atoms with Crippen molar-refractivity contribution in [3.63, 3.8) is 0 Å². The molecule has 1 aromatic carbocycles. The van der Waals surface area contributed by atoms with Gasteiger partial charge >= 0.3 is 5.97 Å². The van der Waals surface area contributed by atoms with Crippen molar-refractivity contribution >= 4 is 33.5 Å². The molecular weight excluding hydrogens is 283 g/mol. The molecule has 1 aromatic rings. The monoisotopic (exact) mass is 290 g/mol. The molecule has 1 N–H and O–H groups in total. The lowest BCUT2D eigenvalue weighted by Crippen LogP contribution is -1.96. The first-order valence-electron chi connectivity index (χ1n) is 4.07. The number of carboxylic acid groups (broad SMARTS) is 1. The Labute approximate surface area is 100 Å². The van der Waals surface area contributed by atoms with Crippen LogP contribution < -0.4 is 4.74 Å². The van der Waals surface area contributed by atoms with Crippen LogP contribution in [0.15, 0.2) is 34.8 Å². The molecule has 0 aromatic heterocycles. The van der Waals surface area contributed by atoms with Gasteiger partial charge in [0.25, 0.3) is 0 Å². The molecule has 0 heterocycles. The standard InChI is InChI=1S/C10H8BrClO3/c11-7-3-4-9(8(12)6-7)15-5-1-2-10(13)14/h1-4,6H,5H2,(H,13,14). The Balaban J connectivity index is 2.54. The average molecular weight is 292 g/mol. The number of ether oxygens (including phenoxy) is 1. The molecule has 0 saturated heterocycles. The normalized spacial score (nSPS) is 10.5. The Hall–Kier alpha value is -1.000.